The van der Waals surface area contributed by atoms with Crippen LogP contribution in [0, 0.1) is 13.8 Å². The molecule has 0 aliphatic carbocycles. The maximum absolute atomic E-state index is 6.04. The summed E-state index contributed by atoms with van der Waals surface area (Å²) in [5, 5.41) is 12.2. The van der Waals surface area contributed by atoms with Crippen LogP contribution in [0.2, 0.25) is 0 Å². The third kappa shape index (κ3) is 3.21. The molecule has 0 aliphatic rings. The molecule has 114 valence electrons. The van der Waals surface area contributed by atoms with E-state index in [1.54, 1.807) is 7.11 Å². The van der Waals surface area contributed by atoms with E-state index in [1.807, 2.05) is 24.6 Å². The number of aromatic nitrogens is 4. The van der Waals surface area contributed by atoms with Gasteiger partial charge in [0, 0.05) is 18.4 Å². The van der Waals surface area contributed by atoms with Gasteiger partial charge in [-0.1, -0.05) is 19.4 Å². The molecule has 1 atom stereocenters. The smallest absolute Gasteiger partial charge is 0.182 e. The molecule has 21 heavy (non-hydrogen) atoms. The summed E-state index contributed by atoms with van der Waals surface area (Å²) < 4.78 is 7.15. The molecule has 0 fully saturated rings. The largest absolute Gasteiger partial charge is 0.398 e. The average Bonchev–Trinajstić information content (AvgIpc) is 2.91. The first-order valence-electron chi connectivity index (χ1n) is 7.22. The second kappa shape index (κ2) is 6.67. The van der Waals surface area contributed by atoms with Gasteiger partial charge in [0.1, 0.15) is 0 Å². The first kappa shape index (κ1) is 15.4. The summed E-state index contributed by atoms with van der Waals surface area (Å²) in [6.45, 7) is 6.78. The summed E-state index contributed by atoms with van der Waals surface area (Å²) >= 11 is 0. The standard InChI is InChI=1S/C15H23N5O/c1-5-6-12(9-21-4)20-15(17-18-19-20)13-8-14(16)11(3)7-10(13)2/h7-8,12H,5-6,9,16H2,1-4H3. The van der Waals surface area contributed by atoms with Crippen molar-refractivity contribution < 1.29 is 4.74 Å². The van der Waals surface area contributed by atoms with Gasteiger partial charge in [-0.3, -0.25) is 0 Å². The number of nitrogen functional groups attached to an aromatic ring is 1. The number of rotatable bonds is 6. The van der Waals surface area contributed by atoms with Crippen molar-refractivity contribution in [2.24, 2.45) is 0 Å². The van der Waals surface area contributed by atoms with E-state index in [0.29, 0.717) is 6.61 Å². The van der Waals surface area contributed by atoms with Crippen LogP contribution in [0.15, 0.2) is 12.1 Å². The molecule has 2 N–H and O–H groups in total. The molecule has 6 nitrogen and oxygen atoms in total. The zero-order valence-corrected chi connectivity index (χ0v) is 13.1. The van der Waals surface area contributed by atoms with Gasteiger partial charge in [-0.15, -0.1) is 5.10 Å². The first-order valence-corrected chi connectivity index (χ1v) is 7.22. The van der Waals surface area contributed by atoms with Crippen molar-refractivity contribution in [3.05, 3.63) is 23.3 Å². The lowest BCUT2D eigenvalue weighted by Gasteiger charge is -2.17. The molecule has 1 unspecified atom stereocenters. The zero-order chi connectivity index (χ0) is 15.4. The SMILES string of the molecule is CCCC(COC)n1nnnc1-c1cc(N)c(C)cc1C. The lowest BCUT2D eigenvalue weighted by atomic mass is 10.0. The molecule has 2 aromatic rings. The van der Waals surface area contributed by atoms with Crippen LogP contribution in [0.1, 0.15) is 36.9 Å². The van der Waals surface area contributed by atoms with Gasteiger partial charge in [-0.25, -0.2) is 4.68 Å². The minimum atomic E-state index is 0.131. The molecule has 0 amide bonds. The number of hydrogen-bond acceptors (Lipinski definition) is 5. The van der Waals surface area contributed by atoms with Crippen molar-refractivity contribution in [3.63, 3.8) is 0 Å². The third-order valence-electron chi connectivity index (χ3n) is 3.67. The quantitative estimate of drug-likeness (QED) is 0.827. The summed E-state index contributed by atoms with van der Waals surface area (Å²) in [4.78, 5) is 0. The Bertz CT molecular complexity index is 602. The molecule has 0 saturated heterocycles. The van der Waals surface area contributed by atoms with Gasteiger partial charge in [-0.05, 0) is 47.9 Å². The van der Waals surface area contributed by atoms with Crippen molar-refractivity contribution >= 4 is 5.69 Å². The summed E-state index contributed by atoms with van der Waals surface area (Å²) in [6.07, 6.45) is 2.01. The van der Waals surface area contributed by atoms with Gasteiger partial charge < -0.3 is 10.5 Å². The summed E-state index contributed by atoms with van der Waals surface area (Å²) in [5.74, 6) is 0.745. The number of aryl methyl sites for hydroxylation is 2. The second-order valence-corrected chi connectivity index (χ2v) is 5.37. The summed E-state index contributed by atoms with van der Waals surface area (Å²) in [7, 11) is 1.70. The normalized spacial score (nSPS) is 12.6. The highest BCUT2D eigenvalue weighted by molar-refractivity contribution is 5.67. The van der Waals surface area contributed by atoms with E-state index in [9.17, 15) is 0 Å². The molecule has 0 bridgehead atoms. The fraction of sp³-hybridized carbons (Fsp3) is 0.533. The summed E-state index contributed by atoms with van der Waals surface area (Å²) in [6, 6.07) is 4.14. The Morgan fingerprint density at radius 3 is 2.71 bits per heavy atom. The highest BCUT2D eigenvalue weighted by Gasteiger charge is 2.19. The van der Waals surface area contributed by atoms with Gasteiger partial charge in [0.15, 0.2) is 5.82 Å². The molecule has 1 heterocycles. The van der Waals surface area contributed by atoms with Gasteiger partial charge in [-0.2, -0.15) is 0 Å². The minimum Gasteiger partial charge on any atom is -0.398 e. The third-order valence-corrected chi connectivity index (χ3v) is 3.67. The van der Waals surface area contributed by atoms with Crippen molar-refractivity contribution in [3.8, 4) is 11.4 Å². The molecule has 0 aliphatic heterocycles. The molecule has 1 aromatic carbocycles. The molecule has 0 spiro atoms. The van der Waals surface area contributed by atoms with E-state index < -0.39 is 0 Å². The van der Waals surface area contributed by atoms with Gasteiger partial charge >= 0.3 is 0 Å². The van der Waals surface area contributed by atoms with E-state index in [2.05, 4.69) is 28.5 Å². The topological polar surface area (TPSA) is 78.8 Å². The number of benzene rings is 1. The van der Waals surface area contributed by atoms with E-state index >= 15 is 0 Å². The Kier molecular flexibility index (Phi) is 4.90. The van der Waals surface area contributed by atoms with E-state index in [4.69, 9.17) is 10.5 Å². The lowest BCUT2D eigenvalue weighted by Crippen LogP contribution is -2.17. The maximum Gasteiger partial charge on any atom is 0.182 e. The number of methoxy groups -OCH3 is 1. The number of nitrogens with two attached hydrogens (primary N) is 1. The molecule has 0 saturated carbocycles. The predicted molar refractivity (Wildman–Crippen MR) is 83.0 cm³/mol. The maximum atomic E-state index is 6.04. The Balaban J connectivity index is 2.46. The molecule has 1 aromatic heterocycles. The fourth-order valence-electron chi connectivity index (χ4n) is 2.53. The Labute approximate surface area is 125 Å². The van der Waals surface area contributed by atoms with Crippen LogP contribution in [-0.4, -0.2) is 33.9 Å². The number of anilines is 1. The van der Waals surface area contributed by atoms with Crippen molar-refractivity contribution in [1.82, 2.24) is 20.2 Å². The van der Waals surface area contributed by atoms with Crippen LogP contribution in [0.25, 0.3) is 11.4 Å². The highest BCUT2D eigenvalue weighted by atomic mass is 16.5. The van der Waals surface area contributed by atoms with Crippen molar-refractivity contribution in [2.75, 3.05) is 19.5 Å². The van der Waals surface area contributed by atoms with E-state index in [1.165, 1.54) is 0 Å². The van der Waals surface area contributed by atoms with Crippen LogP contribution in [0.3, 0.4) is 0 Å². The van der Waals surface area contributed by atoms with Gasteiger partial charge in [0.25, 0.3) is 0 Å². The highest BCUT2D eigenvalue weighted by Crippen LogP contribution is 2.28. The fourth-order valence-corrected chi connectivity index (χ4v) is 2.53. The number of ether oxygens (including phenoxy) is 1. The summed E-state index contributed by atoms with van der Waals surface area (Å²) in [5.41, 5.74) is 9.95. The molecular weight excluding hydrogens is 266 g/mol. The van der Waals surface area contributed by atoms with Crippen LogP contribution in [0.4, 0.5) is 5.69 Å². The Hall–Kier alpha value is -1.95. The van der Waals surface area contributed by atoms with Crippen molar-refractivity contribution in [1.29, 1.82) is 0 Å². The monoisotopic (exact) mass is 289 g/mol. The van der Waals surface area contributed by atoms with Gasteiger partial charge in [0.05, 0.1) is 12.6 Å². The number of nitrogens with zero attached hydrogens (tertiary/aromatic N) is 4. The Morgan fingerprint density at radius 1 is 1.29 bits per heavy atom. The van der Waals surface area contributed by atoms with Crippen LogP contribution in [0.5, 0.6) is 0 Å². The van der Waals surface area contributed by atoms with Crippen LogP contribution in [-0.2, 0) is 4.74 Å². The molecule has 6 heteroatoms. The minimum absolute atomic E-state index is 0.131. The molecule has 0 radical (unpaired) electrons. The van der Waals surface area contributed by atoms with E-state index in [-0.39, 0.29) is 6.04 Å². The van der Waals surface area contributed by atoms with Gasteiger partial charge in [0.2, 0.25) is 0 Å². The second-order valence-electron chi connectivity index (χ2n) is 5.37. The zero-order valence-electron chi connectivity index (χ0n) is 13.1. The van der Waals surface area contributed by atoms with Crippen molar-refractivity contribution in [2.45, 2.75) is 39.7 Å². The lowest BCUT2D eigenvalue weighted by molar-refractivity contribution is 0.144. The number of hydrogen-bond donors (Lipinski definition) is 1. The molecular formula is C15H23N5O. The number of tetrazole rings is 1. The first-order chi connectivity index (χ1) is 10.1. The Morgan fingerprint density at radius 2 is 2.05 bits per heavy atom. The average molecular weight is 289 g/mol. The van der Waals surface area contributed by atoms with Crippen LogP contribution < -0.4 is 5.73 Å². The predicted octanol–water partition coefficient (Wildman–Crippen LogP) is 2.53. The molecule has 2 rings (SSSR count). The van der Waals surface area contributed by atoms with Crippen LogP contribution >= 0.6 is 0 Å². The van der Waals surface area contributed by atoms with E-state index in [0.717, 1.165) is 41.0 Å².